The minimum atomic E-state index is -0.428. The molecule has 2 unspecified atom stereocenters. The van der Waals surface area contributed by atoms with Crippen molar-refractivity contribution in [3.05, 3.63) is 23.9 Å². The quantitative estimate of drug-likeness (QED) is 0.857. The molecule has 1 saturated carbocycles. The van der Waals surface area contributed by atoms with Gasteiger partial charge in [-0.15, -0.1) is 0 Å². The normalized spacial score (nSPS) is 22.9. The molecule has 2 atom stereocenters. The standard InChI is InChI=1S/C13H19N3OS/c1-2-18-11-7-3-6-10(11)16-13-9(12(14)17)5-4-8-15-13/h4-5,8,10-11H,2-3,6-7H2,1H3,(H2,14,17)(H,15,16). The van der Waals surface area contributed by atoms with Crippen LogP contribution in [0.5, 0.6) is 0 Å². The van der Waals surface area contributed by atoms with Crippen LogP contribution in [-0.4, -0.2) is 27.9 Å². The maximum absolute atomic E-state index is 11.3. The van der Waals surface area contributed by atoms with Crippen LogP contribution in [0.2, 0.25) is 0 Å². The summed E-state index contributed by atoms with van der Waals surface area (Å²) in [5.41, 5.74) is 5.83. The van der Waals surface area contributed by atoms with Crippen molar-refractivity contribution in [3.8, 4) is 0 Å². The van der Waals surface area contributed by atoms with E-state index in [1.54, 1.807) is 18.3 Å². The second kappa shape index (κ2) is 6.09. The molecule has 1 aliphatic rings. The van der Waals surface area contributed by atoms with Crippen LogP contribution in [0.3, 0.4) is 0 Å². The molecule has 2 rings (SSSR count). The van der Waals surface area contributed by atoms with Gasteiger partial charge in [-0.3, -0.25) is 4.79 Å². The molecule has 98 valence electrons. The first kappa shape index (κ1) is 13.2. The van der Waals surface area contributed by atoms with Gasteiger partial charge in [0.1, 0.15) is 5.82 Å². The van der Waals surface area contributed by atoms with Crippen LogP contribution in [0.25, 0.3) is 0 Å². The molecule has 0 radical (unpaired) electrons. The van der Waals surface area contributed by atoms with Crippen LogP contribution in [0.15, 0.2) is 18.3 Å². The SMILES string of the molecule is CCSC1CCCC1Nc1ncccc1C(N)=O. The predicted octanol–water partition coefficient (Wildman–Crippen LogP) is 2.27. The van der Waals surface area contributed by atoms with E-state index in [2.05, 4.69) is 17.2 Å². The highest BCUT2D eigenvalue weighted by Gasteiger charge is 2.28. The van der Waals surface area contributed by atoms with Crippen molar-refractivity contribution in [1.82, 2.24) is 4.98 Å². The van der Waals surface area contributed by atoms with Gasteiger partial charge in [0.05, 0.1) is 5.56 Å². The van der Waals surface area contributed by atoms with Gasteiger partial charge in [0.25, 0.3) is 5.91 Å². The molecular weight excluding hydrogens is 246 g/mol. The molecule has 0 aliphatic heterocycles. The summed E-state index contributed by atoms with van der Waals surface area (Å²) in [7, 11) is 0. The number of anilines is 1. The van der Waals surface area contributed by atoms with Crippen molar-refractivity contribution >= 4 is 23.5 Å². The Kier molecular flexibility index (Phi) is 4.47. The van der Waals surface area contributed by atoms with Crippen LogP contribution < -0.4 is 11.1 Å². The van der Waals surface area contributed by atoms with Gasteiger partial charge in [0, 0.05) is 17.5 Å². The van der Waals surface area contributed by atoms with Crippen molar-refractivity contribution in [3.63, 3.8) is 0 Å². The van der Waals surface area contributed by atoms with Crippen molar-refractivity contribution in [2.75, 3.05) is 11.1 Å². The third kappa shape index (κ3) is 2.96. The zero-order valence-corrected chi connectivity index (χ0v) is 11.4. The summed E-state index contributed by atoms with van der Waals surface area (Å²) in [5.74, 6) is 1.31. The fourth-order valence-corrected chi connectivity index (χ4v) is 3.60. The van der Waals surface area contributed by atoms with E-state index < -0.39 is 5.91 Å². The molecule has 1 amide bonds. The minimum absolute atomic E-state index is 0.392. The third-order valence-corrected chi connectivity index (χ3v) is 4.55. The van der Waals surface area contributed by atoms with E-state index in [1.165, 1.54) is 12.8 Å². The van der Waals surface area contributed by atoms with E-state index in [4.69, 9.17) is 5.73 Å². The van der Waals surface area contributed by atoms with Gasteiger partial charge < -0.3 is 11.1 Å². The molecule has 4 nitrogen and oxygen atoms in total. The van der Waals surface area contributed by atoms with Gasteiger partial charge in [-0.05, 0) is 30.7 Å². The number of carbonyl (C=O) groups is 1. The topological polar surface area (TPSA) is 68.0 Å². The molecule has 1 fully saturated rings. The molecule has 1 aromatic heterocycles. The Morgan fingerprint density at radius 3 is 3.17 bits per heavy atom. The lowest BCUT2D eigenvalue weighted by molar-refractivity contribution is 0.100. The Labute approximate surface area is 112 Å². The van der Waals surface area contributed by atoms with Crippen molar-refractivity contribution in [2.45, 2.75) is 37.5 Å². The smallest absolute Gasteiger partial charge is 0.252 e. The Hall–Kier alpha value is -1.23. The average molecular weight is 265 g/mol. The summed E-state index contributed by atoms with van der Waals surface area (Å²) in [6.07, 6.45) is 5.28. The van der Waals surface area contributed by atoms with Gasteiger partial charge in [0.2, 0.25) is 0 Å². The summed E-state index contributed by atoms with van der Waals surface area (Å²) in [6, 6.07) is 3.84. The van der Waals surface area contributed by atoms with Gasteiger partial charge in [0.15, 0.2) is 0 Å². The number of hydrogen-bond acceptors (Lipinski definition) is 4. The zero-order valence-electron chi connectivity index (χ0n) is 10.6. The highest BCUT2D eigenvalue weighted by molar-refractivity contribution is 7.99. The number of thioether (sulfide) groups is 1. The molecule has 1 aliphatic carbocycles. The molecule has 5 heteroatoms. The lowest BCUT2D eigenvalue weighted by Gasteiger charge is -2.21. The molecule has 1 aromatic rings. The average Bonchev–Trinajstić information content (AvgIpc) is 2.78. The number of carbonyl (C=O) groups excluding carboxylic acids is 1. The van der Waals surface area contributed by atoms with Crippen LogP contribution >= 0.6 is 11.8 Å². The highest BCUT2D eigenvalue weighted by Crippen LogP contribution is 2.32. The molecule has 1 heterocycles. The highest BCUT2D eigenvalue weighted by atomic mass is 32.2. The van der Waals surface area contributed by atoms with Gasteiger partial charge in [-0.25, -0.2) is 4.98 Å². The summed E-state index contributed by atoms with van der Waals surface area (Å²) < 4.78 is 0. The van der Waals surface area contributed by atoms with E-state index in [9.17, 15) is 4.79 Å². The second-order valence-electron chi connectivity index (χ2n) is 4.44. The van der Waals surface area contributed by atoms with E-state index in [-0.39, 0.29) is 0 Å². The lowest BCUT2D eigenvalue weighted by Crippen LogP contribution is -2.28. The van der Waals surface area contributed by atoms with Gasteiger partial charge in [-0.1, -0.05) is 13.3 Å². The number of nitrogens with one attached hydrogen (secondary N) is 1. The number of nitrogens with two attached hydrogens (primary N) is 1. The molecular formula is C13H19N3OS. The molecule has 3 N–H and O–H groups in total. The fraction of sp³-hybridized carbons (Fsp3) is 0.538. The third-order valence-electron chi connectivity index (χ3n) is 3.23. The number of nitrogens with zero attached hydrogens (tertiary/aromatic N) is 1. The summed E-state index contributed by atoms with van der Waals surface area (Å²) in [5, 5.41) is 4.00. The van der Waals surface area contributed by atoms with Crippen LogP contribution in [-0.2, 0) is 0 Å². The van der Waals surface area contributed by atoms with Gasteiger partial charge in [-0.2, -0.15) is 11.8 Å². The number of rotatable bonds is 5. The monoisotopic (exact) mass is 265 g/mol. The molecule has 0 aromatic carbocycles. The first-order valence-corrected chi connectivity index (χ1v) is 7.40. The van der Waals surface area contributed by atoms with Crippen LogP contribution in [0.1, 0.15) is 36.5 Å². The number of primary amides is 1. The fourth-order valence-electron chi connectivity index (χ4n) is 2.40. The van der Waals surface area contributed by atoms with Crippen LogP contribution in [0, 0.1) is 0 Å². The zero-order chi connectivity index (χ0) is 13.0. The largest absolute Gasteiger partial charge is 0.366 e. The van der Waals surface area contributed by atoms with Crippen LogP contribution in [0.4, 0.5) is 5.82 Å². The van der Waals surface area contributed by atoms with E-state index in [0.29, 0.717) is 22.7 Å². The molecule has 0 bridgehead atoms. The molecule has 0 spiro atoms. The molecule has 0 saturated heterocycles. The minimum Gasteiger partial charge on any atom is -0.366 e. The Morgan fingerprint density at radius 2 is 2.44 bits per heavy atom. The Balaban J connectivity index is 2.11. The maximum Gasteiger partial charge on any atom is 0.252 e. The first-order chi connectivity index (χ1) is 8.72. The summed E-state index contributed by atoms with van der Waals surface area (Å²) in [4.78, 5) is 15.6. The Bertz CT molecular complexity index is 424. The number of hydrogen-bond donors (Lipinski definition) is 2. The molecule has 18 heavy (non-hydrogen) atoms. The van der Waals surface area contributed by atoms with Crippen molar-refractivity contribution in [1.29, 1.82) is 0 Å². The summed E-state index contributed by atoms with van der Waals surface area (Å²) >= 11 is 1.97. The number of aromatic nitrogens is 1. The van der Waals surface area contributed by atoms with Gasteiger partial charge >= 0.3 is 0 Å². The number of amides is 1. The summed E-state index contributed by atoms with van der Waals surface area (Å²) in [6.45, 7) is 2.18. The predicted molar refractivity (Wildman–Crippen MR) is 75.9 cm³/mol. The lowest BCUT2D eigenvalue weighted by atomic mass is 10.2. The Morgan fingerprint density at radius 1 is 1.61 bits per heavy atom. The van der Waals surface area contributed by atoms with E-state index in [1.807, 2.05) is 11.8 Å². The first-order valence-electron chi connectivity index (χ1n) is 6.35. The van der Waals surface area contributed by atoms with Crippen molar-refractivity contribution < 1.29 is 4.79 Å². The maximum atomic E-state index is 11.3. The van der Waals surface area contributed by atoms with Crippen molar-refractivity contribution in [2.24, 2.45) is 5.73 Å². The van der Waals surface area contributed by atoms with E-state index in [0.717, 1.165) is 12.2 Å². The second-order valence-corrected chi connectivity index (χ2v) is 5.96. The van der Waals surface area contributed by atoms with E-state index >= 15 is 0 Å². The number of pyridine rings is 1.